The molecule has 0 aromatic heterocycles. The predicted molar refractivity (Wildman–Crippen MR) is 144 cm³/mol. The zero-order valence-electron chi connectivity index (χ0n) is 22.6. The maximum atomic E-state index is 13.8. The first-order valence-corrected chi connectivity index (χ1v) is 13.4. The third kappa shape index (κ3) is 3.83. The zero-order chi connectivity index (χ0) is 28.1. The Hall–Kier alpha value is -3.79. The van der Waals surface area contributed by atoms with E-state index in [1.807, 2.05) is 30.3 Å². The van der Waals surface area contributed by atoms with Crippen LogP contribution in [0.3, 0.4) is 0 Å². The molecule has 210 valence electrons. The first kappa shape index (κ1) is 26.4. The van der Waals surface area contributed by atoms with Crippen molar-refractivity contribution in [1.82, 2.24) is 5.48 Å². The van der Waals surface area contributed by atoms with Crippen LogP contribution in [0.25, 0.3) is 0 Å². The summed E-state index contributed by atoms with van der Waals surface area (Å²) in [5.74, 6) is -0.489. The quantitative estimate of drug-likeness (QED) is 0.349. The summed E-state index contributed by atoms with van der Waals surface area (Å²) in [7, 11) is 4.56. The highest BCUT2D eigenvalue weighted by Crippen LogP contribution is 2.70. The van der Waals surface area contributed by atoms with Crippen LogP contribution < -0.4 is 24.4 Å². The van der Waals surface area contributed by atoms with Crippen LogP contribution in [0.15, 0.2) is 66.7 Å². The summed E-state index contributed by atoms with van der Waals surface area (Å²) in [6, 6.07) is 19.7. The van der Waals surface area contributed by atoms with E-state index >= 15 is 0 Å². The lowest BCUT2D eigenvalue weighted by atomic mass is 9.70. The molecule has 0 saturated heterocycles. The Morgan fingerprint density at radius 3 is 2.30 bits per heavy atom. The van der Waals surface area contributed by atoms with Gasteiger partial charge >= 0.3 is 0 Å². The lowest BCUT2D eigenvalue weighted by Gasteiger charge is -2.40. The van der Waals surface area contributed by atoms with Gasteiger partial charge in [0.05, 0.1) is 39.4 Å². The number of hydrogen-bond acceptors (Lipinski definition) is 8. The smallest absolute Gasteiger partial charge is 0.250 e. The predicted octanol–water partition coefficient (Wildman–Crippen LogP) is 3.42. The number of benzene rings is 3. The van der Waals surface area contributed by atoms with E-state index in [-0.39, 0.29) is 11.3 Å². The van der Waals surface area contributed by atoms with Crippen molar-refractivity contribution in [2.24, 2.45) is 11.8 Å². The molecule has 2 saturated carbocycles. The number of amides is 1. The number of carbonyl (C=O) groups excluding carboxylic acids is 1. The van der Waals surface area contributed by atoms with Crippen molar-refractivity contribution >= 4 is 5.91 Å². The number of rotatable bonds is 9. The summed E-state index contributed by atoms with van der Waals surface area (Å²) in [5.41, 5.74) is 0.310. The second-order valence-corrected chi connectivity index (χ2v) is 10.6. The van der Waals surface area contributed by atoms with Gasteiger partial charge in [0, 0.05) is 18.1 Å². The maximum absolute atomic E-state index is 13.8. The molecule has 40 heavy (non-hydrogen) atoms. The van der Waals surface area contributed by atoms with Gasteiger partial charge < -0.3 is 29.2 Å². The molecule has 2 fully saturated rings. The van der Waals surface area contributed by atoms with Crippen molar-refractivity contribution in [3.8, 4) is 23.0 Å². The van der Waals surface area contributed by atoms with Crippen LogP contribution in [0.2, 0.25) is 0 Å². The van der Waals surface area contributed by atoms with Gasteiger partial charge in [-0.3, -0.25) is 9.63 Å². The Morgan fingerprint density at radius 1 is 0.975 bits per heavy atom. The van der Waals surface area contributed by atoms with Crippen LogP contribution >= 0.6 is 0 Å². The van der Waals surface area contributed by atoms with Crippen molar-refractivity contribution in [1.29, 1.82) is 0 Å². The maximum Gasteiger partial charge on any atom is 0.250 e. The lowest BCUT2D eigenvalue weighted by molar-refractivity contribution is -0.157. The highest BCUT2D eigenvalue weighted by atomic mass is 16.7. The standard InChI is InChI=1S/C31H33NO8/c1-36-21-13-11-20(12-14-21)31-26(19-7-5-4-6-8-19)25(29(34)32-39-17-18-9-10-18)28(33)30(31,35)27-23(38-3)15-22(37-2)16-24(27)40-31/h4-8,11-16,18,25-26,28,33,35H,9-10,17H2,1-3H3,(H,32,34)/t25-,26-,28-,30+,31+/m1/s1. The molecule has 0 spiro atoms. The molecule has 0 radical (unpaired) electrons. The summed E-state index contributed by atoms with van der Waals surface area (Å²) >= 11 is 0. The number of hydrogen-bond donors (Lipinski definition) is 3. The molecule has 0 unspecified atom stereocenters. The molecule has 3 aliphatic rings. The summed E-state index contributed by atoms with van der Waals surface area (Å²) in [5, 5.41) is 25.0. The van der Waals surface area contributed by atoms with Crippen molar-refractivity contribution in [2.75, 3.05) is 27.9 Å². The summed E-state index contributed by atoms with van der Waals surface area (Å²) in [6.07, 6.45) is 0.513. The Morgan fingerprint density at radius 2 is 1.68 bits per heavy atom. The molecule has 9 heteroatoms. The van der Waals surface area contributed by atoms with Gasteiger partial charge in [0.2, 0.25) is 5.91 Å². The third-order valence-electron chi connectivity index (χ3n) is 8.45. The summed E-state index contributed by atoms with van der Waals surface area (Å²) < 4.78 is 23.4. The Balaban J connectivity index is 1.59. The van der Waals surface area contributed by atoms with Crippen LogP contribution in [-0.4, -0.2) is 50.2 Å². The van der Waals surface area contributed by atoms with E-state index in [2.05, 4.69) is 5.48 Å². The molecule has 1 aliphatic heterocycles. The van der Waals surface area contributed by atoms with Crippen molar-refractivity contribution in [3.63, 3.8) is 0 Å². The van der Waals surface area contributed by atoms with Crippen LogP contribution in [0.4, 0.5) is 0 Å². The van der Waals surface area contributed by atoms with Crippen LogP contribution in [0, 0.1) is 11.8 Å². The molecule has 3 aromatic carbocycles. The van der Waals surface area contributed by atoms with Gasteiger partial charge in [-0.25, -0.2) is 5.48 Å². The van der Waals surface area contributed by atoms with Crippen LogP contribution in [0.1, 0.15) is 35.4 Å². The molecule has 6 rings (SSSR count). The van der Waals surface area contributed by atoms with E-state index in [1.54, 1.807) is 43.5 Å². The molecule has 1 heterocycles. The average Bonchev–Trinajstić information content (AvgIpc) is 3.74. The topological polar surface area (TPSA) is 116 Å². The van der Waals surface area contributed by atoms with Gasteiger partial charge in [0.15, 0.2) is 11.2 Å². The fourth-order valence-corrected chi connectivity index (χ4v) is 6.38. The fourth-order valence-electron chi connectivity index (χ4n) is 6.38. The SMILES string of the molecule is COc1ccc([C@@]23Oc4cc(OC)cc(OC)c4[C@]2(O)[C@H](O)[C@H](C(=O)NOCC2CC2)[C@H]3c2ccccc2)cc1. The number of methoxy groups -OCH3 is 3. The molecular weight excluding hydrogens is 514 g/mol. The molecule has 3 aromatic rings. The number of aliphatic hydroxyl groups excluding tert-OH is 1. The molecular formula is C31H33NO8. The summed E-state index contributed by atoms with van der Waals surface area (Å²) in [4.78, 5) is 19.4. The number of hydroxylamine groups is 1. The van der Waals surface area contributed by atoms with E-state index in [9.17, 15) is 15.0 Å². The van der Waals surface area contributed by atoms with E-state index in [1.165, 1.54) is 14.2 Å². The van der Waals surface area contributed by atoms with Crippen molar-refractivity contribution < 1.29 is 38.8 Å². The number of carbonyl (C=O) groups is 1. The molecule has 3 N–H and O–H groups in total. The van der Waals surface area contributed by atoms with Gasteiger partial charge in [0.25, 0.3) is 0 Å². The van der Waals surface area contributed by atoms with Gasteiger partial charge in [-0.2, -0.15) is 0 Å². The monoisotopic (exact) mass is 547 g/mol. The molecule has 1 amide bonds. The second kappa shape index (κ2) is 9.99. The first-order chi connectivity index (χ1) is 19.4. The number of fused-ring (bicyclic) bond motifs is 3. The number of aliphatic hydroxyl groups is 2. The minimum absolute atomic E-state index is 0.245. The van der Waals surface area contributed by atoms with E-state index in [0.29, 0.717) is 40.9 Å². The van der Waals surface area contributed by atoms with Gasteiger partial charge in [0.1, 0.15) is 29.1 Å². The Kier molecular flexibility index (Phi) is 6.60. The Labute approximate surface area is 232 Å². The molecule has 9 nitrogen and oxygen atoms in total. The second-order valence-electron chi connectivity index (χ2n) is 10.6. The molecule has 0 bridgehead atoms. The van der Waals surface area contributed by atoms with Gasteiger partial charge in [-0.15, -0.1) is 0 Å². The van der Waals surface area contributed by atoms with E-state index < -0.39 is 35.0 Å². The van der Waals surface area contributed by atoms with Crippen molar-refractivity contribution in [3.05, 3.63) is 83.4 Å². The zero-order valence-corrected chi connectivity index (χ0v) is 22.6. The highest BCUT2D eigenvalue weighted by Gasteiger charge is 2.78. The Bertz CT molecular complexity index is 1390. The minimum Gasteiger partial charge on any atom is -0.497 e. The average molecular weight is 548 g/mol. The van der Waals surface area contributed by atoms with Gasteiger partial charge in [-0.05, 0) is 42.0 Å². The van der Waals surface area contributed by atoms with Crippen LogP contribution in [0.5, 0.6) is 23.0 Å². The minimum atomic E-state index is -2.10. The fraction of sp³-hybridized carbons (Fsp3) is 0.387. The van der Waals surface area contributed by atoms with E-state index in [4.69, 9.17) is 23.8 Å². The van der Waals surface area contributed by atoms with Crippen molar-refractivity contribution in [2.45, 2.75) is 36.1 Å². The lowest BCUT2D eigenvalue weighted by Crippen LogP contribution is -2.52. The molecule has 5 atom stereocenters. The van der Waals surface area contributed by atoms with E-state index in [0.717, 1.165) is 12.8 Å². The number of ether oxygens (including phenoxy) is 4. The normalized spacial score (nSPS) is 28.3. The van der Waals surface area contributed by atoms with Crippen LogP contribution in [-0.2, 0) is 20.8 Å². The highest BCUT2D eigenvalue weighted by molar-refractivity contribution is 5.82. The molecule has 2 aliphatic carbocycles. The first-order valence-electron chi connectivity index (χ1n) is 13.4. The number of nitrogens with one attached hydrogen (secondary N) is 1. The largest absolute Gasteiger partial charge is 0.497 e. The van der Waals surface area contributed by atoms with Gasteiger partial charge in [-0.1, -0.05) is 42.5 Å². The third-order valence-corrected chi connectivity index (χ3v) is 8.45. The summed E-state index contributed by atoms with van der Waals surface area (Å²) in [6.45, 7) is 0.394.